The van der Waals surface area contributed by atoms with Crippen LogP contribution < -0.4 is 16.6 Å². The maximum atomic E-state index is 14.3. The fourth-order valence-electron chi connectivity index (χ4n) is 5.23. The number of amides is 1. The summed E-state index contributed by atoms with van der Waals surface area (Å²) in [6.45, 7) is 3.10. The molecule has 4 aromatic heterocycles. The van der Waals surface area contributed by atoms with Crippen molar-refractivity contribution in [1.29, 1.82) is 0 Å². The van der Waals surface area contributed by atoms with Gasteiger partial charge in [-0.25, -0.2) is 9.50 Å². The molecule has 0 unspecified atom stereocenters. The molecule has 0 radical (unpaired) electrons. The molecule has 7 rings (SSSR count). The standard InChI is InChI=1S/C32H26N8O3/c1-20(36-31(41)28-29(33)37-38-14-6-13-34-30(28)38)26-15-23-8-5-7-22(12-11-21-16-35-39(17-21)25-18-43-19-25)27(23)32(42)40(26)24-9-3-2-4-10-24/h2-10,13-17,20,25H,18-19H2,1H3,(H2,33,37)(H,36,41)/t20-/m0/s1. The number of ether oxygens (including phenoxy) is 1. The van der Waals surface area contributed by atoms with Gasteiger partial charge in [-0.1, -0.05) is 42.2 Å². The Labute approximate surface area is 245 Å². The summed E-state index contributed by atoms with van der Waals surface area (Å²) in [6.07, 6.45) is 6.85. The number of hydrogen-bond acceptors (Lipinski definition) is 7. The van der Waals surface area contributed by atoms with E-state index in [1.165, 1.54) is 4.52 Å². The van der Waals surface area contributed by atoms with E-state index in [1.807, 2.05) is 72.4 Å². The largest absolute Gasteiger partial charge is 0.381 e. The normalized spacial score (nSPS) is 13.8. The molecule has 11 nitrogen and oxygen atoms in total. The summed E-state index contributed by atoms with van der Waals surface area (Å²) < 4.78 is 10.2. The van der Waals surface area contributed by atoms with Gasteiger partial charge < -0.3 is 15.8 Å². The van der Waals surface area contributed by atoms with Crippen molar-refractivity contribution in [2.24, 2.45) is 0 Å². The van der Waals surface area contributed by atoms with E-state index in [9.17, 15) is 9.59 Å². The molecule has 1 amide bonds. The zero-order valence-electron chi connectivity index (χ0n) is 23.1. The second-order valence-corrected chi connectivity index (χ2v) is 10.3. The maximum absolute atomic E-state index is 14.3. The molecule has 5 heterocycles. The highest BCUT2D eigenvalue weighted by atomic mass is 16.5. The molecule has 1 aliphatic heterocycles. The number of aromatic nitrogens is 6. The van der Waals surface area contributed by atoms with E-state index in [-0.39, 0.29) is 23.0 Å². The van der Waals surface area contributed by atoms with Gasteiger partial charge in [-0.15, -0.1) is 5.10 Å². The Hall–Kier alpha value is -5.73. The van der Waals surface area contributed by atoms with Gasteiger partial charge in [0.05, 0.1) is 42.4 Å². The number of nitrogens with one attached hydrogen (secondary N) is 1. The van der Waals surface area contributed by atoms with Gasteiger partial charge in [0.2, 0.25) is 0 Å². The summed E-state index contributed by atoms with van der Waals surface area (Å²) >= 11 is 0. The summed E-state index contributed by atoms with van der Waals surface area (Å²) in [4.78, 5) is 32.0. The molecular weight excluding hydrogens is 544 g/mol. The maximum Gasteiger partial charge on any atom is 0.264 e. The monoisotopic (exact) mass is 570 g/mol. The van der Waals surface area contributed by atoms with Crippen LogP contribution in [0.3, 0.4) is 0 Å². The summed E-state index contributed by atoms with van der Waals surface area (Å²) in [5, 5.41) is 12.8. The highest BCUT2D eigenvalue weighted by molar-refractivity contribution is 6.04. The molecule has 11 heteroatoms. The van der Waals surface area contributed by atoms with Crippen LogP contribution >= 0.6 is 0 Å². The number of para-hydroxylation sites is 1. The Kier molecular flexibility index (Phi) is 6.45. The van der Waals surface area contributed by atoms with E-state index < -0.39 is 11.9 Å². The predicted octanol–water partition coefficient (Wildman–Crippen LogP) is 3.27. The number of nitrogens with zero attached hydrogens (tertiary/aromatic N) is 6. The minimum atomic E-state index is -0.584. The Morgan fingerprint density at radius 2 is 1.95 bits per heavy atom. The van der Waals surface area contributed by atoms with Gasteiger partial charge in [0, 0.05) is 35.5 Å². The van der Waals surface area contributed by atoms with E-state index >= 15 is 0 Å². The third kappa shape index (κ3) is 4.69. The number of anilines is 1. The Balaban J connectivity index is 1.31. The van der Waals surface area contributed by atoms with Crippen molar-refractivity contribution in [1.82, 2.24) is 34.3 Å². The van der Waals surface area contributed by atoms with Crippen molar-refractivity contribution in [2.45, 2.75) is 19.0 Å². The van der Waals surface area contributed by atoms with Crippen molar-refractivity contribution < 1.29 is 9.53 Å². The number of rotatable bonds is 5. The lowest BCUT2D eigenvalue weighted by Crippen LogP contribution is -2.32. The quantitative estimate of drug-likeness (QED) is 0.304. The molecule has 43 heavy (non-hydrogen) atoms. The van der Waals surface area contributed by atoms with Crippen LogP contribution in [0.15, 0.2) is 90.2 Å². The minimum absolute atomic E-state index is 0.0668. The minimum Gasteiger partial charge on any atom is -0.381 e. The number of carbonyl (C=O) groups is 1. The van der Waals surface area contributed by atoms with Crippen LogP contribution in [-0.4, -0.2) is 48.1 Å². The zero-order valence-corrected chi connectivity index (χ0v) is 23.1. The van der Waals surface area contributed by atoms with Gasteiger partial charge in [-0.2, -0.15) is 5.10 Å². The van der Waals surface area contributed by atoms with E-state index in [0.29, 0.717) is 46.6 Å². The average Bonchev–Trinajstić information content (AvgIpc) is 3.58. The molecule has 1 aliphatic rings. The molecule has 2 aromatic carbocycles. The second kappa shape index (κ2) is 10.6. The molecule has 1 atom stereocenters. The lowest BCUT2D eigenvalue weighted by Gasteiger charge is -2.25. The number of nitrogen functional groups attached to an aromatic ring is 1. The van der Waals surface area contributed by atoms with Crippen LogP contribution in [-0.2, 0) is 4.74 Å². The Morgan fingerprint density at radius 1 is 1.12 bits per heavy atom. The summed E-state index contributed by atoms with van der Waals surface area (Å²) in [6, 6.07) is 18.1. The van der Waals surface area contributed by atoms with E-state index in [2.05, 4.69) is 32.3 Å². The molecular formula is C32H26N8O3. The van der Waals surface area contributed by atoms with Gasteiger partial charge >= 0.3 is 0 Å². The first-order chi connectivity index (χ1) is 21.0. The molecule has 6 aromatic rings. The SMILES string of the molecule is C[C@H](NC(=O)c1c(N)nn2cccnc12)c1cc2cccc(C#Cc3cnn(C4COC4)c3)c2c(=O)n1-c1ccccc1. The van der Waals surface area contributed by atoms with Crippen LogP contribution in [0.2, 0.25) is 0 Å². The topological polar surface area (TPSA) is 134 Å². The van der Waals surface area contributed by atoms with Crippen LogP contribution in [0, 0.1) is 11.8 Å². The summed E-state index contributed by atoms with van der Waals surface area (Å²) in [7, 11) is 0. The van der Waals surface area contributed by atoms with Crippen molar-refractivity contribution in [3.63, 3.8) is 0 Å². The first kappa shape index (κ1) is 26.2. The number of benzene rings is 2. The molecule has 0 bridgehead atoms. The molecule has 0 saturated carbocycles. The van der Waals surface area contributed by atoms with Gasteiger partial charge in [-0.05, 0) is 42.6 Å². The number of carbonyl (C=O) groups excluding carboxylic acids is 1. The van der Waals surface area contributed by atoms with Gasteiger partial charge in [0.25, 0.3) is 11.5 Å². The molecule has 0 spiro atoms. The van der Waals surface area contributed by atoms with E-state index in [0.717, 1.165) is 5.56 Å². The van der Waals surface area contributed by atoms with Crippen LogP contribution in [0.25, 0.3) is 22.1 Å². The fourth-order valence-corrected chi connectivity index (χ4v) is 5.23. The molecule has 0 aliphatic carbocycles. The van der Waals surface area contributed by atoms with Crippen molar-refractivity contribution in [2.75, 3.05) is 18.9 Å². The van der Waals surface area contributed by atoms with Crippen molar-refractivity contribution >= 4 is 28.1 Å². The number of pyridine rings is 1. The predicted molar refractivity (Wildman–Crippen MR) is 161 cm³/mol. The first-order valence-electron chi connectivity index (χ1n) is 13.8. The summed E-state index contributed by atoms with van der Waals surface area (Å²) in [5.74, 6) is 5.97. The molecule has 1 fully saturated rings. The Morgan fingerprint density at radius 3 is 2.74 bits per heavy atom. The third-order valence-corrected chi connectivity index (χ3v) is 7.47. The fraction of sp³-hybridized carbons (Fsp3) is 0.156. The van der Waals surface area contributed by atoms with Gasteiger partial charge in [0.1, 0.15) is 5.56 Å². The lowest BCUT2D eigenvalue weighted by atomic mass is 10.0. The Bertz CT molecular complexity index is 2130. The lowest BCUT2D eigenvalue weighted by molar-refractivity contribution is -0.0286. The number of nitrogens with two attached hydrogens (primary N) is 1. The van der Waals surface area contributed by atoms with E-state index in [4.69, 9.17) is 10.5 Å². The second-order valence-electron chi connectivity index (χ2n) is 10.3. The first-order valence-corrected chi connectivity index (χ1v) is 13.8. The summed E-state index contributed by atoms with van der Waals surface area (Å²) in [5.41, 5.74) is 8.97. The van der Waals surface area contributed by atoms with Gasteiger partial charge in [-0.3, -0.25) is 18.8 Å². The number of hydrogen-bond donors (Lipinski definition) is 2. The van der Waals surface area contributed by atoms with Crippen molar-refractivity contribution in [3.05, 3.63) is 118 Å². The molecule has 1 saturated heterocycles. The zero-order chi connectivity index (χ0) is 29.5. The average molecular weight is 571 g/mol. The molecule has 212 valence electrons. The smallest absolute Gasteiger partial charge is 0.264 e. The van der Waals surface area contributed by atoms with Crippen LogP contribution in [0.4, 0.5) is 5.82 Å². The van der Waals surface area contributed by atoms with E-state index in [1.54, 1.807) is 29.2 Å². The van der Waals surface area contributed by atoms with Crippen molar-refractivity contribution in [3.8, 4) is 17.5 Å². The molecule has 3 N–H and O–H groups in total. The highest BCUT2D eigenvalue weighted by Gasteiger charge is 2.24. The highest BCUT2D eigenvalue weighted by Crippen LogP contribution is 2.25. The number of fused-ring (bicyclic) bond motifs is 2. The van der Waals surface area contributed by atoms with Crippen LogP contribution in [0.5, 0.6) is 0 Å². The van der Waals surface area contributed by atoms with Gasteiger partial charge in [0.15, 0.2) is 11.5 Å². The van der Waals surface area contributed by atoms with Crippen LogP contribution in [0.1, 0.15) is 46.2 Å². The third-order valence-electron chi connectivity index (χ3n) is 7.47.